The molecular formula is C14H20Br2N2. The monoisotopic (exact) mass is 374 g/mol. The molecule has 1 aromatic rings. The zero-order chi connectivity index (χ0) is 13.1. The van der Waals surface area contributed by atoms with Gasteiger partial charge in [0.25, 0.3) is 0 Å². The van der Waals surface area contributed by atoms with E-state index in [-0.39, 0.29) is 0 Å². The maximum Gasteiger partial charge on any atom is 0.0655 e. The second-order valence-corrected chi connectivity index (χ2v) is 6.89. The van der Waals surface area contributed by atoms with Crippen LogP contribution >= 0.6 is 31.9 Å². The Morgan fingerprint density at radius 1 is 1.28 bits per heavy atom. The highest BCUT2D eigenvalue weighted by atomic mass is 79.9. The Morgan fingerprint density at radius 2 is 1.94 bits per heavy atom. The average Bonchev–Trinajstić information content (AvgIpc) is 2.28. The van der Waals surface area contributed by atoms with Crippen LogP contribution in [0.15, 0.2) is 27.1 Å². The summed E-state index contributed by atoms with van der Waals surface area (Å²) in [6, 6.07) is 7.43. The first-order valence-corrected chi connectivity index (χ1v) is 8.11. The van der Waals surface area contributed by atoms with Crippen molar-refractivity contribution in [2.75, 3.05) is 18.0 Å². The van der Waals surface area contributed by atoms with Gasteiger partial charge in [0, 0.05) is 34.1 Å². The molecule has 0 amide bonds. The van der Waals surface area contributed by atoms with E-state index in [1.807, 2.05) is 0 Å². The van der Waals surface area contributed by atoms with Crippen LogP contribution in [0.3, 0.4) is 0 Å². The Morgan fingerprint density at radius 3 is 2.56 bits per heavy atom. The van der Waals surface area contributed by atoms with Gasteiger partial charge in [0.05, 0.1) is 5.69 Å². The van der Waals surface area contributed by atoms with Gasteiger partial charge in [-0.1, -0.05) is 19.9 Å². The van der Waals surface area contributed by atoms with E-state index in [0.717, 1.165) is 13.1 Å². The van der Waals surface area contributed by atoms with Crippen molar-refractivity contribution < 1.29 is 0 Å². The van der Waals surface area contributed by atoms with Crippen molar-refractivity contribution in [2.24, 2.45) is 0 Å². The SMILES string of the molecule is CC(C)NC1CCCN(c2c(Br)cccc2Br)C1. The second-order valence-electron chi connectivity index (χ2n) is 5.18. The van der Waals surface area contributed by atoms with Gasteiger partial charge in [-0.2, -0.15) is 0 Å². The Balaban J connectivity index is 2.13. The molecular weight excluding hydrogens is 356 g/mol. The molecule has 1 saturated heterocycles. The van der Waals surface area contributed by atoms with E-state index in [1.54, 1.807) is 0 Å². The van der Waals surface area contributed by atoms with Gasteiger partial charge < -0.3 is 10.2 Å². The Bertz CT molecular complexity index is 387. The second kappa shape index (κ2) is 6.40. The van der Waals surface area contributed by atoms with Crippen LogP contribution in [-0.2, 0) is 0 Å². The van der Waals surface area contributed by atoms with Crippen LogP contribution in [0.2, 0.25) is 0 Å². The molecule has 0 aromatic heterocycles. The van der Waals surface area contributed by atoms with Crippen LogP contribution in [0.25, 0.3) is 0 Å². The van der Waals surface area contributed by atoms with Crippen molar-refractivity contribution in [1.29, 1.82) is 0 Å². The number of hydrogen-bond donors (Lipinski definition) is 1. The van der Waals surface area contributed by atoms with Crippen LogP contribution in [0.5, 0.6) is 0 Å². The van der Waals surface area contributed by atoms with Gasteiger partial charge >= 0.3 is 0 Å². The highest BCUT2D eigenvalue weighted by Crippen LogP contribution is 2.35. The molecule has 18 heavy (non-hydrogen) atoms. The van der Waals surface area contributed by atoms with E-state index in [9.17, 15) is 0 Å². The third-order valence-corrected chi connectivity index (χ3v) is 4.52. The molecule has 1 heterocycles. The van der Waals surface area contributed by atoms with E-state index < -0.39 is 0 Å². The van der Waals surface area contributed by atoms with Crippen molar-refractivity contribution in [3.63, 3.8) is 0 Å². The van der Waals surface area contributed by atoms with Gasteiger partial charge in [-0.3, -0.25) is 0 Å². The van der Waals surface area contributed by atoms with Gasteiger partial charge in [-0.15, -0.1) is 0 Å². The van der Waals surface area contributed by atoms with E-state index >= 15 is 0 Å². The Kier molecular flexibility index (Phi) is 5.10. The molecule has 1 aliphatic rings. The number of halogens is 2. The van der Waals surface area contributed by atoms with Gasteiger partial charge in [-0.25, -0.2) is 0 Å². The largest absolute Gasteiger partial charge is 0.368 e. The normalized spacial score (nSPS) is 20.5. The summed E-state index contributed by atoms with van der Waals surface area (Å²) in [5, 5.41) is 3.65. The molecule has 1 atom stereocenters. The number of hydrogen-bond acceptors (Lipinski definition) is 2. The van der Waals surface area contributed by atoms with Crippen molar-refractivity contribution in [1.82, 2.24) is 5.32 Å². The molecule has 1 N–H and O–H groups in total. The molecule has 4 heteroatoms. The first kappa shape index (κ1) is 14.4. The molecule has 1 aliphatic heterocycles. The number of piperidine rings is 1. The van der Waals surface area contributed by atoms with Crippen LogP contribution in [-0.4, -0.2) is 25.2 Å². The van der Waals surface area contributed by atoms with Crippen molar-refractivity contribution in [3.8, 4) is 0 Å². The lowest BCUT2D eigenvalue weighted by atomic mass is 10.0. The van der Waals surface area contributed by atoms with Gasteiger partial charge in [0.15, 0.2) is 0 Å². The topological polar surface area (TPSA) is 15.3 Å². The molecule has 0 bridgehead atoms. The highest BCUT2D eigenvalue weighted by Gasteiger charge is 2.22. The minimum Gasteiger partial charge on any atom is -0.368 e. The predicted molar refractivity (Wildman–Crippen MR) is 85.3 cm³/mol. The summed E-state index contributed by atoms with van der Waals surface area (Å²) in [6.07, 6.45) is 2.52. The van der Waals surface area contributed by atoms with Crippen LogP contribution in [0.4, 0.5) is 5.69 Å². The first-order valence-electron chi connectivity index (χ1n) is 6.53. The zero-order valence-corrected chi connectivity index (χ0v) is 14.1. The number of benzene rings is 1. The first-order chi connectivity index (χ1) is 8.58. The number of para-hydroxylation sites is 1. The van der Waals surface area contributed by atoms with Crippen molar-refractivity contribution in [3.05, 3.63) is 27.1 Å². The predicted octanol–water partition coefficient (Wildman–Crippen LogP) is 4.18. The molecule has 0 saturated carbocycles. The summed E-state index contributed by atoms with van der Waals surface area (Å²) >= 11 is 7.32. The molecule has 0 spiro atoms. The number of nitrogens with one attached hydrogen (secondary N) is 1. The smallest absolute Gasteiger partial charge is 0.0655 e. The Labute approximate surface area is 126 Å². The molecule has 2 nitrogen and oxygen atoms in total. The summed E-state index contributed by atoms with van der Waals surface area (Å²) in [5.74, 6) is 0. The van der Waals surface area contributed by atoms with Crippen LogP contribution in [0.1, 0.15) is 26.7 Å². The van der Waals surface area contributed by atoms with E-state index in [4.69, 9.17) is 0 Å². The third kappa shape index (κ3) is 3.49. The molecule has 1 aromatic carbocycles. The molecule has 1 unspecified atom stereocenters. The fraction of sp³-hybridized carbons (Fsp3) is 0.571. The fourth-order valence-electron chi connectivity index (χ4n) is 2.58. The molecule has 100 valence electrons. The fourth-order valence-corrected chi connectivity index (χ4v) is 4.08. The lowest BCUT2D eigenvalue weighted by Crippen LogP contribution is -2.48. The summed E-state index contributed by atoms with van der Waals surface area (Å²) in [7, 11) is 0. The average molecular weight is 376 g/mol. The van der Waals surface area contributed by atoms with Crippen molar-refractivity contribution >= 4 is 37.5 Å². The van der Waals surface area contributed by atoms with Crippen LogP contribution < -0.4 is 10.2 Å². The summed E-state index contributed by atoms with van der Waals surface area (Å²) < 4.78 is 2.34. The molecule has 0 radical (unpaired) electrons. The maximum absolute atomic E-state index is 3.66. The summed E-state index contributed by atoms with van der Waals surface area (Å²) in [6.45, 7) is 6.65. The standard InChI is InChI=1S/C14H20Br2N2/c1-10(2)17-11-5-4-8-18(9-11)14-12(15)6-3-7-13(14)16/h3,6-7,10-11,17H,4-5,8-9H2,1-2H3. The van der Waals surface area contributed by atoms with Gasteiger partial charge in [0.1, 0.15) is 0 Å². The van der Waals surface area contributed by atoms with Crippen molar-refractivity contribution in [2.45, 2.75) is 38.8 Å². The summed E-state index contributed by atoms with van der Waals surface area (Å²) in [4.78, 5) is 2.47. The van der Waals surface area contributed by atoms with E-state index in [0.29, 0.717) is 12.1 Å². The molecule has 1 fully saturated rings. The van der Waals surface area contributed by atoms with E-state index in [2.05, 4.69) is 74.1 Å². The lowest BCUT2D eigenvalue weighted by Gasteiger charge is -2.36. The minimum atomic E-state index is 0.553. The quantitative estimate of drug-likeness (QED) is 0.852. The minimum absolute atomic E-state index is 0.553. The number of nitrogens with zero attached hydrogens (tertiary/aromatic N) is 1. The Hall–Kier alpha value is -0.0600. The lowest BCUT2D eigenvalue weighted by molar-refractivity contribution is 0.394. The molecule has 2 rings (SSSR count). The third-order valence-electron chi connectivity index (χ3n) is 3.24. The van der Waals surface area contributed by atoms with Crippen LogP contribution in [0, 0.1) is 0 Å². The zero-order valence-electron chi connectivity index (χ0n) is 10.9. The number of anilines is 1. The molecule has 0 aliphatic carbocycles. The van der Waals surface area contributed by atoms with Gasteiger partial charge in [0.2, 0.25) is 0 Å². The highest BCUT2D eigenvalue weighted by molar-refractivity contribution is 9.11. The summed E-state index contributed by atoms with van der Waals surface area (Å²) in [5.41, 5.74) is 1.28. The maximum atomic E-state index is 3.66. The number of rotatable bonds is 3. The van der Waals surface area contributed by atoms with Gasteiger partial charge in [-0.05, 0) is 56.8 Å². The van der Waals surface area contributed by atoms with E-state index in [1.165, 1.54) is 27.5 Å².